The van der Waals surface area contributed by atoms with E-state index in [0.717, 1.165) is 26.2 Å². The minimum absolute atomic E-state index is 0.429. The molecule has 2 aliphatic heterocycles. The molecule has 2 rings (SSSR count). The smallest absolute Gasteiger partial charge is 0.0706 e. The molecule has 0 aromatic heterocycles. The Hall–Kier alpha value is -0.160. The van der Waals surface area contributed by atoms with Gasteiger partial charge in [-0.2, -0.15) is 0 Å². The lowest BCUT2D eigenvalue weighted by molar-refractivity contribution is 0.0243. The van der Waals surface area contributed by atoms with E-state index in [1.165, 1.54) is 32.2 Å². The second-order valence-electron chi connectivity index (χ2n) is 5.69. The molecule has 18 heavy (non-hydrogen) atoms. The summed E-state index contributed by atoms with van der Waals surface area (Å²) in [6.45, 7) is 7.39. The number of ether oxygens (including phenoxy) is 2. The van der Waals surface area contributed by atoms with E-state index in [0.29, 0.717) is 18.2 Å². The van der Waals surface area contributed by atoms with Gasteiger partial charge in [-0.3, -0.25) is 4.90 Å². The molecule has 0 aromatic rings. The van der Waals surface area contributed by atoms with Crippen LogP contribution in [-0.4, -0.2) is 63.0 Å². The van der Waals surface area contributed by atoms with Crippen LogP contribution in [0.5, 0.6) is 0 Å². The van der Waals surface area contributed by atoms with E-state index >= 15 is 0 Å². The van der Waals surface area contributed by atoms with E-state index in [1.807, 2.05) is 0 Å². The Morgan fingerprint density at radius 2 is 2.17 bits per heavy atom. The zero-order valence-corrected chi connectivity index (χ0v) is 11.9. The fourth-order valence-corrected chi connectivity index (χ4v) is 3.01. The first-order valence-electron chi connectivity index (χ1n) is 7.38. The minimum atomic E-state index is 0.429. The molecule has 0 aliphatic carbocycles. The Balaban J connectivity index is 1.75. The molecule has 0 amide bonds. The second kappa shape index (κ2) is 7.43. The van der Waals surface area contributed by atoms with Gasteiger partial charge in [-0.15, -0.1) is 0 Å². The molecule has 3 atom stereocenters. The van der Waals surface area contributed by atoms with Crippen LogP contribution >= 0.6 is 0 Å². The molecular weight excluding hydrogens is 228 g/mol. The summed E-state index contributed by atoms with van der Waals surface area (Å²) in [6.07, 6.45) is 5.93. The lowest BCUT2D eigenvalue weighted by atomic mass is 10.1. The summed E-state index contributed by atoms with van der Waals surface area (Å²) in [7, 11) is 1.78. The van der Waals surface area contributed by atoms with Crippen LogP contribution in [0, 0.1) is 0 Å². The van der Waals surface area contributed by atoms with Crippen LogP contribution in [-0.2, 0) is 9.47 Å². The van der Waals surface area contributed by atoms with Gasteiger partial charge in [0, 0.05) is 32.8 Å². The highest BCUT2D eigenvalue weighted by atomic mass is 16.5. The summed E-state index contributed by atoms with van der Waals surface area (Å²) in [5, 5.41) is 3.57. The van der Waals surface area contributed by atoms with Gasteiger partial charge < -0.3 is 14.8 Å². The van der Waals surface area contributed by atoms with Crippen molar-refractivity contribution in [1.29, 1.82) is 0 Å². The van der Waals surface area contributed by atoms with E-state index in [1.54, 1.807) is 7.11 Å². The standard InChI is InChI=1S/C14H28N2O2/c1-12-5-6-14(18-12)11-16(8-9-17-2)10-13-4-3-7-15-13/h12-15H,3-11H2,1-2H3. The van der Waals surface area contributed by atoms with Gasteiger partial charge >= 0.3 is 0 Å². The van der Waals surface area contributed by atoms with Crippen LogP contribution in [0.15, 0.2) is 0 Å². The summed E-state index contributed by atoms with van der Waals surface area (Å²) < 4.78 is 11.2. The predicted molar refractivity (Wildman–Crippen MR) is 72.9 cm³/mol. The quantitative estimate of drug-likeness (QED) is 0.743. The van der Waals surface area contributed by atoms with Crippen LogP contribution in [0.1, 0.15) is 32.6 Å². The minimum Gasteiger partial charge on any atom is -0.383 e. The summed E-state index contributed by atoms with van der Waals surface area (Å²) in [5.74, 6) is 0. The van der Waals surface area contributed by atoms with Crippen LogP contribution in [0.2, 0.25) is 0 Å². The zero-order valence-electron chi connectivity index (χ0n) is 11.9. The number of hydrogen-bond donors (Lipinski definition) is 1. The summed E-state index contributed by atoms with van der Waals surface area (Å²) >= 11 is 0. The Bertz CT molecular complexity index is 232. The number of nitrogens with zero attached hydrogens (tertiary/aromatic N) is 1. The molecule has 2 fully saturated rings. The Kier molecular flexibility index (Phi) is 5.89. The SMILES string of the molecule is COCCN(CC1CCCN1)CC1CCC(C)O1. The van der Waals surface area contributed by atoms with Crippen LogP contribution in [0.4, 0.5) is 0 Å². The van der Waals surface area contributed by atoms with Gasteiger partial charge in [-0.25, -0.2) is 0 Å². The lowest BCUT2D eigenvalue weighted by Crippen LogP contribution is -2.42. The van der Waals surface area contributed by atoms with Crippen molar-refractivity contribution in [2.75, 3.05) is 39.9 Å². The van der Waals surface area contributed by atoms with Crippen molar-refractivity contribution in [1.82, 2.24) is 10.2 Å². The zero-order chi connectivity index (χ0) is 12.8. The van der Waals surface area contributed by atoms with Gasteiger partial charge in [0.25, 0.3) is 0 Å². The normalized spacial score (nSPS) is 32.5. The monoisotopic (exact) mass is 256 g/mol. The number of rotatable bonds is 7. The number of methoxy groups -OCH3 is 1. The van der Waals surface area contributed by atoms with Crippen LogP contribution in [0.3, 0.4) is 0 Å². The van der Waals surface area contributed by atoms with Crippen molar-refractivity contribution in [3.8, 4) is 0 Å². The molecule has 1 N–H and O–H groups in total. The van der Waals surface area contributed by atoms with E-state index in [4.69, 9.17) is 9.47 Å². The molecule has 2 saturated heterocycles. The van der Waals surface area contributed by atoms with Gasteiger partial charge in [-0.1, -0.05) is 0 Å². The van der Waals surface area contributed by atoms with Crippen molar-refractivity contribution >= 4 is 0 Å². The third-order valence-electron chi connectivity index (χ3n) is 4.03. The number of nitrogens with one attached hydrogen (secondary N) is 1. The predicted octanol–water partition coefficient (Wildman–Crippen LogP) is 1.25. The van der Waals surface area contributed by atoms with Gasteiger partial charge in [0.15, 0.2) is 0 Å². The summed E-state index contributed by atoms with van der Waals surface area (Å²) in [4.78, 5) is 2.51. The number of hydrogen-bond acceptors (Lipinski definition) is 4. The first-order valence-corrected chi connectivity index (χ1v) is 7.38. The third-order valence-corrected chi connectivity index (χ3v) is 4.03. The fourth-order valence-electron chi connectivity index (χ4n) is 3.01. The Morgan fingerprint density at radius 3 is 2.78 bits per heavy atom. The molecule has 0 aromatic carbocycles. The maximum absolute atomic E-state index is 5.93. The van der Waals surface area contributed by atoms with E-state index < -0.39 is 0 Å². The van der Waals surface area contributed by atoms with Crippen molar-refractivity contribution in [3.63, 3.8) is 0 Å². The van der Waals surface area contributed by atoms with Gasteiger partial charge in [0.1, 0.15) is 0 Å². The fraction of sp³-hybridized carbons (Fsp3) is 1.00. The average molecular weight is 256 g/mol. The Morgan fingerprint density at radius 1 is 1.28 bits per heavy atom. The molecule has 3 unspecified atom stereocenters. The van der Waals surface area contributed by atoms with Crippen LogP contribution < -0.4 is 5.32 Å². The first-order chi connectivity index (χ1) is 8.78. The third kappa shape index (κ3) is 4.50. The molecule has 4 nitrogen and oxygen atoms in total. The molecule has 0 bridgehead atoms. The largest absolute Gasteiger partial charge is 0.383 e. The maximum Gasteiger partial charge on any atom is 0.0706 e. The highest BCUT2D eigenvalue weighted by Gasteiger charge is 2.25. The van der Waals surface area contributed by atoms with Gasteiger partial charge in [-0.05, 0) is 39.2 Å². The Labute approximate surface area is 111 Å². The average Bonchev–Trinajstić information content (AvgIpc) is 2.98. The van der Waals surface area contributed by atoms with E-state index in [2.05, 4.69) is 17.1 Å². The molecular formula is C14H28N2O2. The van der Waals surface area contributed by atoms with E-state index in [9.17, 15) is 0 Å². The van der Waals surface area contributed by atoms with Crippen molar-refractivity contribution in [2.45, 2.75) is 50.9 Å². The molecule has 2 aliphatic rings. The molecule has 2 heterocycles. The van der Waals surface area contributed by atoms with Gasteiger partial charge in [0.2, 0.25) is 0 Å². The van der Waals surface area contributed by atoms with Crippen LogP contribution in [0.25, 0.3) is 0 Å². The van der Waals surface area contributed by atoms with Crippen molar-refractivity contribution in [2.24, 2.45) is 0 Å². The molecule has 4 heteroatoms. The molecule has 0 spiro atoms. The highest BCUT2D eigenvalue weighted by Crippen LogP contribution is 2.20. The van der Waals surface area contributed by atoms with Crippen molar-refractivity contribution in [3.05, 3.63) is 0 Å². The summed E-state index contributed by atoms with van der Waals surface area (Å²) in [5.41, 5.74) is 0. The highest BCUT2D eigenvalue weighted by molar-refractivity contribution is 4.81. The second-order valence-corrected chi connectivity index (χ2v) is 5.69. The first kappa shape index (κ1) is 14.3. The van der Waals surface area contributed by atoms with Gasteiger partial charge in [0.05, 0.1) is 18.8 Å². The lowest BCUT2D eigenvalue weighted by Gasteiger charge is -2.27. The summed E-state index contributed by atoms with van der Waals surface area (Å²) in [6, 6.07) is 0.667. The molecule has 0 radical (unpaired) electrons. The molecule has 0 saturated carbocycles. The maximum atomic E-state index is 5.93. The van der Waals surface area contributed by atoms with Crippen molar-refractivity contribution < 1.29 is 9.47 Å². The topological polar surface area (TPSA) is 33.7 Å². The molecule has 106 valence electrons. The van der Waals surface area contributed by atoms with E-state index in [-0.39, 0.29) is 0 Å².